The van der Waals surface area contributed by atoms with Crippen LogP contribution in [0.2, 0.25) is 5.02 Å². The standard InChI is InChI=1S/C19H20ClFN4O4/c20-16-17-12(5-14(21)18(16)23-4-3-10(6-22)7-23)19(27)13(15(26)9-25(28)29)8-24(17)11-1-2-11/h5,8,10-11H,1-4,6-7,9,22H2/t10-/m1/s1. The molecule has 1 aliphatic carbocycles. The largest absolute Gasteiger partial charge is 0.368 e. The summed E-state index contributed by atoms with van der Waals surface area (Å²) in [5.41, 5.74) is 5.28. The van der Waals surface area contributed by atoms with Crippen LogP contribution in [0.1, 0.15) is 35.7 Å². The molecule has 1 atom stereocenters. The average molecular weight is 423 g/mol. The second-order valence-electron chi connectivity index (χ2n) is 7.68. The van der Waals surface area contributed by atoms with E-state index in [-0.39, 0.29) is 33.6 Å². The molecule has 2 heterocycles. The lowest BCUT2D eigenvalue weighted by Gasteiger charge is -2.23. The van der Waals surface area contributed by atoms with Crippen LogP contribution in [0.5, 0.6) is 0 Å². The molecule has 0 bridgehead atoms. The highest BCUT2D eigenvalue weighted by Crippen LogP contribution is 2.42. The SMILES string of the molecule is NC[C@H]1CCN(c2c(F)cc3c(=O)c(C(=O)C[N+](=O)[O-])cn(C4CC4)c3c2Cl)C1. The smallest absolute Gasteiger partial charge is 0.266 e. The van der Waals surface area contributed by atoms with Gasteiger partial charge in [0, 0.05) is 30.3 Å². The molecule has 0 radical (unpaired) electrons. The van der Waals surface area contributed by atoms with Crippen LogP contribution in [-0.4, -0.2) is 41.5 Å². The lowest BCUT2D eigenvalue weighted by Crippen LogP contribution is -2.26. The molecule has 0 spiro atoms. The molecular weight excluding hydrogens is 403 g/mol. The molecule has 1 aromatic carbocycles. The molecular formula is C19H20ClFN4O4. The minimum atomic E-state index is -0.992. The zero-order valence-electron chi connectivity index (χ0n) is 15.6. The van der Waals surface area contributed by atoms with Crippen LogP contribution < -0.4 is 16.1 Å². The maximum absolute atomic E-state index is 15.0. The highest BCUT2D eigenvalue weighted by Gasteiger charge is 2.32. The Balaban J connectivity index is 1.92. The van der Waals surface area contributed by atoms with Crippen molar-refractivity contribution in [2.75, 3.05) is 31.1 Å². The number of anilines is 1. The van der Waals surface area contributed by atoms with Gasteiger partial charge in [0.1, 0.15) is 5.82 Å². The maximum Gasteiger partial charge on any atom is 0.266 e. The van der Waals surface area contributed by atoms with E-state index >= 15 is 4.39 Å². The summed E-state index contributed by atoms with van der Waals surface area (Å²) in [7, 11) is 0. The number of hydrogen-bond acceptors (Lipinski definition) is 6. The van der Waals surface area contributed by atoms with Gasteiger partial charge in [-0.05, 0) is 37.8 Å². The molecule has 0 unspecified atom stereocenters. The first kappa shape index (κ1) is 19.8. The van der Waals surface area contributed by atoms with E-state index in [4.69, 9.17) is 17.3 Å². The zero-order valence-corrected chi connectivity index (χ0v) is 16.3. The van der Waals surface area contributed by atoms with E-state index in [2.05, 4.69) is 0 Å². The first-order valence-corrected chi connectivity index (χ1v) is 9.86. The number of fused-ring (bicyclic) bond motifs is 1. The predicted octanol–water partition coefficient (Wildman–Crippen LogP) is 2.37. The van der Waals surface area contributed by atoms with Crippen molar-refractivity contribution in [3.63, 3.8) is 0 Å². The molecule has 2 aliphatic rings. The first-order chi connectivity index (χ1) is 13.8. The van der Waals surface area contributed by atoms with Crippen LogP contribution in [-0.2, 0) is 0 Å². The number of nitro groups is 1. The van der Waals surface area contributed by atoms with Gasteiger partial charge < -0.3 is 15.2 Å². The van der Waals surface area contributed by atoms with E-state index in [0.29, 0.717) is 25.2 Å². The van der Waals surface area contributed by atoms with Gasteiger partial charge in [0.2, 0.25) is 11.2 Å². The van der Waals surface area contributed by atoms with Crippen molar-refractivity contribution < 1.29 is 14.1 Å². The summed E-state index contributed by atoms with van der Waals surface area (Å²) in [6, 6.07) is 1.11. The minimum Gasteiger partial charge on any atom is -0.368 e. The number of nitrogens with zero attached hydrogens (tertiary/aromatic N) is 3. The molecule has 2 aromatic rings. The van der Waals surface area contributed by atoms with Crippen LogP contribution in [0.25, 0.3) is 10.9 Å². The number of rotatable bonds is 6. The number of nitrogens with two attached hydrogens (primary N) is 1. The minimum absolute atomic E-state index is 0.0198. The van der Waals surface area contributed by atoms with Gasteiger partial charge in [0.25, 0.3) is 6.54 Å². The third-order valence-corrected chi connectivity index (χ3v) is 5.99. The predicted molar refractivity (Wildman–Crippen MR) is 107 cm³/mol. The van der Waals surface area contributed by atoms with E-state index in [0.717, 1.165) is 25.3 Å². The molecule has 0 amide bonds. The summed E-state index contributed by atoms with van der Waals surface area (Å²) in [5.74, 6) is -1.31. The summed E-state index contributed by atoms with van der Waals surface area (Å²) >= 11 is 6.62. The fraction of sp³-hybridized carbons (Fsp3) is 0.474. The number of Topliss-reactive ketones (excluding diaryl/α,β-unsaturated/α-hetero) is 1. The van der Waals surface area contributed by atoms with Crippen LogP contribution in [0, 0.1) is 21.8 Å². The lowest BCUT2D eigenvalue weighted by molar-refractivity contribution is -0.465. The highest BCUT2D eigenvalue weighted by molar-refractivity contribution is 6.38. The van der Waals surface area contributed by atoms with E-state index in [1.54, 1.807) is 4.57 Å². The Bertz CT molecular complexity index is 1080. The van der Waals surface area contributed by atoms with E-state index in [1.807, 2.05) is 4.90 Å². The lowest BCUT2D eigenvalue weighted by atomic mass is 10.1. The van der Waals surface area contributed by atoms with Gasteiger partial charge >= 0.3 is 0 Å². The fourth-order valence-corrected chi connectivity index (χ4v) is 4.40. The van der Waals surface area contributed by atoms with Crippen molar-refractivity contribution in [3.05, 3.63) is 49.0 Å². The number of benzene rings is 1. The van der Waals surface area contributed by atoms with Gasteiger partial charge in [-0.25, -0.2) is 4.39 Å². The molecule has 1 aliphatic heterocycles. The number of hydrogen-bond donors (Lipinski definition) is 1. The molecule has 4 rings (SSSR count). The summed E-state index contributed by atoms with van der Waals surface area (Å²) in [6.45, 7) is 0.689. The summed E-state index contributed by atoms with van der Waals surface area (Å²) in [6.07, 6.45) is 3.81. The van der Waals surface area contributed by atoms with Crippen molar-refractivity contribution in [3.8, 4) is 0 Å². The van der Waals surface area contributed by atoms with Crippen LogP contribution in [0.4, 0.5) is 10.1 Å². The Morgan fingerprint density at radius 1 is 1.38 bits per heavy atom. The Kier molecular flexibility index (Phi) is 5.04. The number of aromatic nitrogens is 1. The number of ketones is 1. The van der Waals surface area contributed by atoms with Gasteiger partial charge in [-0.3, -0.25) is 19.7 Å². The molecule has 1 saturated carbocycles. The first-order valence-electron chi connectivity index (χ1n) is 9.48. The van der Waals surface area contributed by atoms with Gasteiger partial charge in [-0.1, -0.05) is 11.6 Å². The van der Waals surface area contributed by atoms with Crippen LogP contribution in [0.3, 0.4) is 0 Å². The van der Waals surface area contributed by atoms with Gasteiger partial charge in [0.15, 0.2) is 0 Å². The molecule has 29 heavy (non-hydrogen) atoms. The van der Waals surface area contributed by atoms with Crippen molar-refractivity contribution in [1.29, 1.82) is 0 Å². The maximum atomic E-state index is 15.0. The molecule has 2 N–H and O–H groups in total. The Labute approximate surface area is 170 Å². The summed E-state index contributed by atoms with van der Waals surface area (Å²) in [4.78, 5) is 36.9. The van der Waals surface area contributed by atoms with Crippen molar-refractivity contribution in [2.24, 2.45) is 11.7 Å². The second kappa shape index (κ2) is 7.38. The highest BCUT2D eigenvalue weighted by atomic mass is 35.5. The molecule has 1 saturated heterocycles. The normalized spacial score (nSPS) is 19.1. The Morgan fingerprint density at radius 2 is 2.10 bits per heavy atom. The van der Waals surface area contributed by atoms with Gasteiger partial charge in [-0.15, -0.1) is 0 Å². The van der Waals surface area contributed by atoms with E-state index in [9.17, 15) is 19.7 Å². The van der Waals surface area contributed by atoms with Gasteiger partial charge in [0.05, 0.1) is 27.2 Å². The molecule has 154 valence electrons. The fourth-order valence-electron chi connectivity index (χ4n) is 3.99. The van der Waals surface area contributed by atoms with Crippen molar-refractivity contribution >= 4 is 34.0 Å². The molecule has 10 heteroatoms. The van der Waals surface area contributed by atoms with Crippen LogP contribution >= 0.6 is 11.6 Å². The van der Waals surface area contributed by atoms with Crippen LogP contribution in [0.15, 0.2) is 17.1 Å². The van der Waals surface area contributed by atoms with E-state index < -0.39 is 28.5 Å². The Hall–Kier alpha value is -2.52. The second-order valence-corrected chi connectivity index (χ2v) is 8.06. The number of carbonyl (C=O) groups is 1. The monoisotopic (exact) mass is 422 g/mol. The topological polar surface area (TPSA) is 111 Å². The average Bonchev–Trinajstić information content (AvgIpc) is 3.40. The molecule has 2 fully saturated rings. The Morgan fingerprint density at radius 3 is 2.69 bits per heavy atom. The molecule has 8 nitrogen and oxygen atoms in total. The summed E-state index contributed by atoms with van der Waals surface area (Å²) in [5, 5.41) is 10.8. The van der Waals surface area contributed by atoms with Crippen molar-refractivity contribution in [1.82, 2.24) is 4.57 Å². The third-order valence-electron chi connectivity index (χ3n) is 5.63. The number of carbonyl (C=O) groups excluding carboxylic acids is 1. The quantitative estimate of drug-likeness (QED) is 0.434. The zero-order chi connectivity index (χ0) is 20.9. The van der Waals surface area contributed by atoms with Gasteiger partial charge in [-0.2, -0.15) is 0 Å². The third kappa shape index (κ3) is 3.49. The number of pyridine rings is 1. The molecule has 1 aromatic heterocycles. The number of halogens is 2. The van der Waals surface area contributed by atoms with E-state index in [1.165, 1.54) is 6.20 Å². The van der Waals surface area contributed by atoms with Crippen molar-refractivity contribution in [2.45, 2.75) is 25.3 Å². The summed E-state index contributed by atoms with van der Waals surface area (Å²) < 4.78 is 16.7.